The molecule has 0 heterocycles. The number of ketones is 1. The number of carbonyl (C=O) groups is 1. The van der Waals surface area contributed by atoms with Crippen molar-refractivity contribution in [2.24, 2.45) is 0 Å². The van der Waals surface area contributed by atoms with Gasteiger partial charge in [0.05, 0.1) is 4.92 Å². The number of Topliss-reactive ketones (excluding diaryl/α,β-unsaturated/α-hetero) is 1. The van der Waals surface area contributed by atoms with E-state index in [1.807, 2.05) is 0 Å². The van der Waals surface area contributed by atoms with Gasteiger partial charge in [-0.2, -0.15) is 0 Å². The standard InChI is InChI=1S/C11H12ClNO4/c1-3-11(14)7(2)17-8-4-5-10(13(15)16)9(12)6-8/h4-7H,3H2,1-2H3. The number of nitrogens with zero attached hydrogens (tertiary/aromatic N) is 1. The Kier molecular flexibility index (Phi) is 4.45. The maximum absolute atomic E-state index is 11.3. The zero-order chi connectivity index (χ0) is 13.0. The number of hydrogen-bond donors (Lipinski definition) is 0. The molecule has 0 fully saturated rings. The van der Waals surface area contributed by atoms with Gasteiger partial charge in [0, 0.05) is 18.6 Å². The third-order valence-corrected chi connectivity index (χ3v) is 2.53. The first kappa shape index (κ1) is 13.4. The maximum atomic E-state index is 11.3. The van der Waals surface area contributed by atoms with Gasteiger partial charge in [0.25, 0.3) is 5.69 Å². The largest absolute Gasteiger partial charge is 0.483 e. The van der Waals surface area contributed by atoms with E-state index < -0.39 is 11.0 Å². The van der Waals surface area contributed by atoms with Crippen LogP contribution in [0.15, 0.2) is 18.2 Å². The second-order valence-electron chi connectivity index (χ2n) is 3.45. The Hall–Kier alpha value is -1.62. The molecule has 1 unspecified atom stereocenters. The minimum atomic E-state index is -0.586. The lowest BCUT2D eigenvalue weighted by Gasteiger charge is -2.12. The summed E-state index contributed by atoms with van der Waals surface area (Å²) in [5, 5.41) is 10.5. The summed E-state index contributed by atoms with van der Waals surface area (Å²) in [6, 6.07) is 4.00. The van der Waals surface area contributed by atoms with Crippen LogP contribution in [0.2, 0.25) is 5.02 Å². The van der Waals surface area contributed by atoms with E-state index in [2.05, 4.69) is 0 Å². The average molecular weight is 258 g/mol. The van der Waals surface area contributed by atoms with Crippen molar-refractivity contribution in [3.05, 3.63) is 33.3 Å². The Morgan fingerprint density at radius 3 is 2.71 bits per heavy atom. The van der Waals surface area contributed by atoms with E-state index in [9.17, 15) is 14.9 Å². The first-order chi connectivity index (χ1) is 7.95. The van der Waals surface area contributed by atoms with E-state index in [0.29, 0.717) is 12.2 Å². The Bertz CT molecular complexity index is 447. The second kappa shape index (κ2) is 5.63. The molecule has 0 aliphatic carbocycles. The number of hydrogen-bond acceptors (Lipinski definition) is 4. The first-order valence-corrected chi connectivity index (χ1v) is 5.46. The number of rotatable bonds is 5. The molecule has 1 atom stereocenters. The molecule has 5 nitrogen and oxygen atoms in total. The molecule has 92 valence electrons. The monoisotopic (exact) mass is 257 g/mol. The van der Waals surface area contributed by atoms with Crippen molar-refractivity contribution in [3.8, 4) is 5.75 Å². The summed E-state index contributed by atoms with van der Waals surface area (Å²) in [6.07, 6.45) is -0.209. The summed E-state index contributed by atoms with van der Waals surface area (Å²) in [5.74, 6) is 0.300. The van der Waals surface area contributed by atoms with Gasteiger partial charge in [-0.05, 0) is 13.0 Å². The third kappa shape index (κ3) is 3.42. The van der Waals surface area contributed by atoms with E-state index >= 15 is 0 Å². The number of carbonyl (C=O) groups excluding carboxylic acids is 1. The molecule has 0 aliphatic heterocycles. The molecule has 0 radical (unpaired) electrons. The van der Waals surface area contributed by atoms with E-state index in [0.717, 1.165) is 0 Å². The van der Waals surface area contributed by atoms with Crippen molar-refractivity contribution >= 4 is 23.1 Å². The minimum absolute atomic E-state index is 0.0105. The number of ether oxygens (including phenoxy) is 1. The van der Waals surface area contributed by atoms with Crippen LogP contribution in [0.5, 0.6) is 5.75 Å². The predicted molar refractivity (Wildman–Crippen MR) is 63.5 cm³/mol. The molecule has 0 N–H and O–H groups in total. The fourth-order valence-corrected chi connectivity index (χ4v) is 1.51. The van der Waals surface area contributed by atoms with Crippen LogP contribution in [0, 0.1) is 10.1 Å². The smallest absolute Gasteiger partial charge is 0.288 e. The first-order valence-electron chi connectivity index (χ1n) is 5.09. The highest BCUT2D eigenvalue weighted by Gasteiger charge is 2.16. The minimum Gasteiger partial charge on any atom is -0.483 e. The Labute approximate surface area is 103 Å². The predicted octanol–water partition coefficient (Wildman–Crippen LogP) is 2.99. The Morgan fingerprint density at radius 1 is 1.59 bits per heavy atom. The molecule has 0 saturated heterocycles. The molecule has 1 rings (SSSR count). The maximum Gasteiger partial charge on any atom is 0.288 e. The van der Waals surface area contributed by atoms with Crippen LogP contribution in [-0.2, 0) is 4.79 Å². The van der Waals surface area contributed by atoms with E-state index in [1.165, 1.54) is 18.2 Å². The van der Waals surface area contributed by atoms with Crippen LogP contribution < -0.4 is 4.74 Å². The lowest BCUT2D eigenvalue weighted by atomic mass is 10.2. The van der Waals surface area contributed by atoms with E-state index in [-0.39, 0.29) is 16.5 Å². The second-order valence-corrected chi connectivity index (χ2v) is 3.86. The highest BCUT2D eigenvalue weighted by molar-refractivity contribution is 6.32. The molecule has 0 spiro atoms. The van der Waals surface area contributed by atoms with Crippen LogP contribution in [0.1, 0.15) is 20.3 Å². The van der Waals surface area contributed by atoms with Gasteiger partial charge in [-0.1, -0.05) is 18.5 Å². The van der Waals surface area contributed by atoms with Crippen LogP contribution in [0.25, 0.3) is 0 Å². The fourth-order valence-electron chi connectivity index (χ4n) is 1.27. The molecule has 0 bridgehead atoms. The molecule has 0 saturated carbocycles. The molecule has 0 aliphatic rings. The quantitative estimate of drug-likeness (QED) is 0.601. The molecule has 1 aromatic rings. The van der Waals surface area contributed by atoms with Crippen molar-refractivity contribution in [2.45, 2.75) is 26.4 Å². The molecule has 17 heavy (non-hydrogen) atoms. The van der Waals surface area contributed by atoms with Crippen LogP contribution >= 0.6 is 11.6 Å². The normalized spacial score (nSPS) is 11.9. The number of halogens is 1. The number of nitro benzene ring substituents is 1. The van der Waals surface area contributed by atoms with Gasteiger partial charge in [0.1, 0.15) is 10.8 Å². The number of nitro groups is 1. The van der Waals surface area contributed by atoms with Crippen molar-refractivity contribution in [3.63, 3.8) is 0 Å². The van der Waals surface area contributed by atoms with Crippen molar-refractivity contribution in [2.75, 3.05) is 0 Å². The summed E-state index contributed by atoms with van der Waals surface area (Å²) < 4.78 is 5.33. The zero-order valence-electron chi connectivity index (χ0n) is 9.47. The summed E-state index contributed by atoms with van der Waals surface area (Å²) in [4.78, 5) is 21.3. The van der Waals surface area contributed by atoms with Crippen molar-refractivity contribution < 1.29 is 14.5 Å². The fraction of sp³-hybridized carbons (Fsp3) is 0.364. The van der Waals surface area contributed by atoms with E-state index in [1.54, 1.807) is 13.8 Å². The van der Waals surface area contributed by atoms with Crippen LogP contribution in [-0.4, -0.2) is 16.8 Å². The van der Waals surface area contributed by atoms with Crippen molar-refractivity contribution in [1.82, 2.24) is 0 Å². The lowest BCUT2D eigenvalue weighted by molar-refractivity contribution is -0.384. The Morgan fingerprint density at radius 2 is 2.24 bits per heavy atom. The third-order valence-electron chi connectivity index (χ3n) is 2.23. The van der Waals surface area contributed by atoms with Gasteiger partial charge >= 0.3 is 0 Å². The molecule has 6 heteroatoms. The molecular weight excluding hydrogens is 246 g/mol. The van der Waals surface area contributed by atoms with Gasteiger partial charge in [-0.15, -0.1) is 0 Å². The highest BCUT2D eigenvalue weighted by Crippen LogP contribution is 2.28. The SMILES string of the molecule is CCC(=O)C(C)Oc1ccc([N+](=O)[O-])c(Cl)c1. The molecule has 0 aromatic heterocycles. The summed E-state index contributed by atoms with van der Waals surface area (Å²) in [5.41, 5.74) is -0.187. The van der Waals surface area contributed by atoms with E-state index in [4.69, 9.17) is 16.3 Å². The summed E-state index contributed by atoms with van der Waals surface area (Å²) in [6.45, 7) is 3.37. The number of benzene rings is 1. The topological polar surface area (TPSA) is 69.4 Å². The summed E-state index contributed by atoms with van der Waals surface area (Å²) >= 11 is 5.71. The molecule has 0 amide bonds. The van der Waals surface area contributed by atoms with Gasteiger partial charge in [-0.25, -0.2) is 0 Å². The van der Waals surface area contributed by atoms with Gasteiger partial charge in [0.2, 0.25) is 0 Å². The van der Waals surface area contributed by atoms with Gasteiger partial charge in [0.15, 0.2) is 11.9 Å². The van der Waals surface area contributed by atoms with Crippen molar-refractivity contribution in [1.29, 1.82) is 0 Å². The highest BCUT2D eigenvalue weighted by atomic mass is 35.5. The summed E-state index contributed by atoms with van der Waals surface area (Å²) in [7, 11) is 0. The van der Waals surface area contributed by atoms with Gasteiger partial charge in [-0.3, -0.25) is 14.9 Å². The van der Waals surface area contributed by atoms with Gasteiger partial charge < -0.3 is 4.74 Å². The van der Waals surface area contributed by atoms with Crippen LogP contribution in [0.3, 0.4) is 0 Å². The molecule has 1 aromatic carbocycles. The Balaban J connectivity index is 2.84. The molecular formula is C11H12ClNO4. The average Bonchev–Trinajstić information content (AvgIpc) is 2.27. The lowest BCUT2D eigenvalue weighted by Crippen LogP contribution is -2.22. The zero-order valence-corrected chi connectivity index (χ0v) is 10.2. The van der Waals surface area contributed by atoms with Crippen LogP contribution in [0.4, 0.5) is 5.69 Å².